The fourth-order valence-corrected chi connectivity index (χ4v) is 3.86. The monoisotopic (exact) mass is 433 g/mol. The molecule has 1 atom stereocenters. The van der Waals surface area contributed by atoms with E-state index in [1.165, 1.54) is 6.08 Å². The number of benzene rings is 1. The number of carbonyl (C=O) groups excluding carboxylic acids is 1. The zero-order valence-electron chi connectivity index (χ0n) is 15.1. The van der Waals surface area contributed by atoms with Crippen molar-refractivity contribution in [1.29, 1.82) is 0 Å². The van der Waals surface area contributed by atoms with Gasteiger partial charge in [-0.2, -0.15) is 5.10 Å². The van der Waals surface area contributed by atoms with Crippen molar-refractivity contribution in [2.75, 3.05) is 6.61 Å². The summed E-state index contributed by atoms with van der Waals surface area (Å²) in [5.74, 6) is 0. The third-order valence-electron chi connectivity index (χ3n) is 4.28. The van der Waals surface area contributed by atoms with Crippen molar-refractivity contribution < 1.29 is 14.3 Å². The molecule has 1 N–H and O–H groups in total. The van der Waals surface area contributed by atoms with Crippen LogP contribution in [0.25, 0.3) is 21.8 Å². The molecule has 7 nitrogen and oxygen atoms in total. The molecule has 0 fully saturated rings. The zero-order chi connectivity index (χ0) is 19.6. The summed E-state index contributed by atoms with van der Waals surface area (Å²) in [6, 6.07) is 3.84. The van der Waals surface area contributed by atoms with Crippen molar-refractivity contribution in [2.45, 2.75) is 32.9 Å². The second kappa shape index (κ2) is 7.96. The fraction of sp³-hybridized carbons (Fsp3) is 0.316. The van der Waals surface area contributed by atoms with Crippen molar-refractivity contribution in [3.63, 3.8) is 0 Å². The highest BCUT2D eigenvalue weighted by Crippen LogP contribution is 2.30. The number of aryl methyl sites for hydroxylation is 2. The molecule has 3 aromatic rings. The van der Waals surface area contributed by atoms with Crippen molar-refractivity contribution in [1.82, 2.24) is 14.8 Å². The highest BCUT2D eigenvalue weighted by molar-refractivity contribution is 9.10. The minimum Gasteiger partial charge on any atom is -0.435 e. The van der Waals surface area contributed by atoms with Crippen LogP contribution >= 0.6 is 15.9 Å². The van der Waals surface area contributed by atoms with E-state index in [1.807, 2.05) is 19.1 Å². The number of aromatic nitrogens is 3. The first-order chi connectivity index (χ1) is 13.0. The number of rotatable bonds is 6. The molecule has 3 rings (SSSR count). The van der Waals surface area contributed by atoms with Gasteiger partial charge in [0.25, 0.3) is 5.56 Å². The Balaban J connectivity index is 2.00. The minimum atomic E-state index is -0.750. The Morgan fingerprint density at radius 2 is 2.22 bits per heavy atom. The predicted molar refractivity (Wildman–Crippen MR) is 107 cm³/mol. The number of hydrogen-bond donors (Lipinski definition) is 1. The van der Waals surface area contributed by atoms with Crippen LogP contribution in [0.3, 0.4) is 0 Å². The zero-order valence-corrected chi connectivity index (χ0v) is 16.7. The lowest BCUT2D eigenvalue weighted by molar-refractivity contribution is 0.0372. The lowest BCUT2D eigenvalue weighted by Gasteiger charge is -2.16. The van der Waals surface area contributed by atoms with E-state index in [0.717, 1.165) is 20.8 Å². The first-order valence-corrected chi connectivity index (χ1v) is 9.37. The number of aromatic amines is 1. The van der Waals surface area contributed by atoms with Crippen LogP contribution in [0.5, 0.6) is 0 Å². The van der Waals surface area contributed by atoms with Crippen molar-refractivity contribution >= 4 is 43.9 Å². The number of fused-ring (bicyclic) bond motifs is 3. The average Bonchev–Trinajstić information content (AvgIpc) is 3.09. The average molecular weight is 434 g/mol. The molecule has 0 radical (unpaired) electrons. The van der Waals surface area contributed by atoms with Crippen LogP contribution in [0.2, 0.25) is 0 Å². The van der Waals surface area contributed by atoms with Crippen LogP contribution < -0.4 is 5.56 Å². The number of hydrogen-bond acceptors (Lipinski definition) is 5. The number of nitrogens with one attached hydrogen (secondary N) is 1. The van der Waals surface area contributed by atoms with Gasteiger partial charge in [-0.1, -0.05) is 28.6 Å². The second-order valence-electron chi connectivity index (χ2n) is 6.12. The maximum atomic E-state index is 13.1. The van der Waals surface area contributed by atoms with Gasteiger partial charge in [-0.05, 0) is 31.5 Å². The lowest BCUT2D eigenvalue weighted by atomic mass is 10.1. The van der Waals surface area contributed by atoms with Gasteiger partial charge in [0, 0.05) is 33.6 Å². The van der Waals surface area contributed by atoms with Crippen LogP contribution in [0, 0.1) is 6.92 Å². The summed E-state index contributed by atoms with van der Waals surface area (Å²) in [5, 5.41) is 9.29. The van der Waals surface area contributed by atoms with E-state index in [4.69, 9.17) is 9.47 Å². The second-order valence-corrected chi connectivity index (χ2v) is 6.98. The molecular weight excluding hydrogens is 414 g/mol. The highest BCUT2D eigenvalue weighted by atomic mass is 79.9. The highest BCUT2D eigenvalue weighted by Gasteiger charge is 2.17. The fourth-order valence-electron chi connectivity index (χ4n) is 3.07. The molecule has 0 aliphatic rings. The van der Waals surface area contributed by atoms with Crippen molar-refractivity contribution in [3.8, 4) is 0 Å². The normalized spacial score (nSPS) is 12.3. The molecule has 2 aromatic heterocycles. The predicted octanol–water partition coefficient (Wildman–Crippen LogP) is 4.07. The van der Waals surface area contributed by atoms with E-state index < -0.39 is 12.3 Å². The summed E-state index contributed by atoms with van der Waals surface area (Å²) in [6.07, 6.45) is 2.30. The van der Waals surface area contributed by atoms with Gasteiger partial charge in [0.05, 0.1) is 12.8 Å². The van der Waals surface area contributed by atoms with E-state index in [9.17, 15) is 9.59 Å². The number of carbonyl (C=O) groups is 1. The quantitative estimate of drug-likeness (QED) is 0.467. The van der Waals surface area contributed by atoms with E-state index in [-0.39, 0.29) is 12.2 Å². The van der Waals surface area contributed by atoms with Gasteiger partial charge in [0.1, 0.15) is 11.8 Å². The van der Waals surface area contributed by atoms with Gasteiger partial charge in [-0.15, -0.1) is 0 Å². The largest absolute Gasteiger partial charge is 0.508 e. The first-order valence-electron chi connectivity index (χ1n) is 8.58. The smallest absolute Gasteiger partial charge is 0.435 e. The third-order valence-corrected chi connectivity index (χ3v) is 4.90. The number of H-pyrrole nitrogens is 1. The summed E-state index contributed by atoms with van der Waals surface area (Å²) < 4.78 is 12.4. The van der Waals surface area contributed by atoms with Crippen LogP contribution in [-0.2, 0) is 16.0 Å². The molecule has 0 saturated heterocycles. The van der Waals surface area contributed by atoms with E-state index in [0.29, 0.717) is 24.0 Å². The van der Waals surface area contributed by atoms with Gasteiger partial charge in [-0.25, -0.2) is 4.79 Å². The van der Waals surface area contributed by atoms with E-state index in [1.54, 1.807) is 17.7 Å². The Morgan fingerprint density at radius 1 is 1.44 bits per heavy atom. The van der Waals surface area contributed by atoms with Gasteiger partial charge in [0.15, 0.2) is 0 Å². The van der Waals surface area contributed by atoms with Crippen LogP contribution in [0.15, 0.2) is 40.3 Å². The van der Waals surface area contributed by atoms with Crippen LogP contribution in [0.4, 0.5) is 4.79 Å². The van der Waals surface area contributed by atoms with Crippen LogP contribution in [0.1, 0.15) is 18.9 Å². The van der Waals surface area contributed by atoms with Crippen molar-refractivity contribution in [3.05, 3.63) is 51.4 Å². The van der Waals surface area contributed by atoms with Crippen LogP contribution in [-0.4, -0.2) is 33.6 Å². The van der Waals surface area contributed by atoms with Gasteiger partial charge >= 0.3 is 6.16 Å². The molecule has 0 bridgehead atoms. The molecule has 1 unspecified atom stereocenters. The molecule has 0 amide bonds. The SMILES string of the molecule is C=CC(CCn1c(=O)c2cc(C)cc(Br)c2c2cn[nH]c21)OC(=O)OCC. The molecule has 1 aromatic carbocycles. The molecule has 2 heterocycles. The Kier molecular flexibility index (Phi) is 5.65. The number of ether oxygens (including phenoxy) is 2. The first kappa shape index (κ1) is 19.2. The summed E-state index contributed by atoms with van der Waals surface area (Å²) in [6.45, 7) is 7.89. The van der Waals surface area contributed by atoms with Crippen molar-refractivity contribution in [2.24, 2.45) is 0 Å². The van der Waals surface area contributed by atoms with E-state index in [2.05, 4.69) is 32.7 Å². The Hall–Kier alpha value is -2.61. The summed E-state index contributed by atoms with van der Waals surface area (Å²) in [7, 11) is 0. The molecule has 0 saturated carbocycles. The van der Waals surface area contributed by atoms with E-state index >= 15 is 0 Å². The molecule has 0 spiro atoms. The standard InChI is InChI=1S/C19H20BrN3O4/c1-4-12(27-19(25)26-5-2)6-7-23-17-14(10-21-22-17)16-13(18(23)24)8-11(3)9-15(16)20/h4,8-10,12H,1,5-7H2,2-3H3,(H,21,22). The molecule has 8 heteroatoms. The summed E-state index contributed by atoms with van der Waals surface area (Å²) >= 11 is 3.55. The Bertz CT molecular complexity index is 1070. The lowest BCUT2D eigenvalue weighted by Crippen LogP contribution is -2.25. The summed E-state index contributed by atoms with van der Waals surface area (Å²) in [5.41, 5.74) is 1.47. The van der Waals surface area contributed by atoms with Gasteiger partial charge in [-0.3, -0.25) is 14.5 Å². The molecule has 0 aliphatic carbocycles. The van der Waals surface area contributed by atoms with Gasteiger partial charge < -0.3 is 9.47 Å². The third kappa shape index (κ3) is 3.75. The summed E-state index contributed by atoms with van der Waals surface area (Å²) in [4.78, 5) is 24.6. The molecule has 142 valence electrons. The molecular formula is C19H20BrN3O4. The molecule has 0 aliphatic heterocycles. The maximum absolute atomic E-state index is 13.1. The van der Waals surface area contributed by atoms with Gasteiger partial charge in [0.2, 0.25) is 0 Å². The number of nitrogens with zero attached hydrogens (tertiary/aromatic N) is 2. The topological polar surface area (TPSA) is 86.2 Å². The number of halogens is 1. The Morgan fingerprint density at radius 3 is 2.93 bits per heavy atom. The Labute approximate surface area is 164 Å². The molecule has 27 heavy (non-hydrogen) atoms. The minimum absolute atomic E-state index is 0.134. The number of pyridine rings is 1. The maximum Gasteiger partial charge on any atom is 0.508 e.